The first-order valence-corrected chi connectivity index (χ1v) is 13.3. The molecule has 0 aromatic heterocycles. The number of amides is 3. The average Bonchev–Trinajstić information content (AvgIpc) is 2.84. The van der Waals surface area contributed by atoms with E-state index >= 15 is 0 Å². The Morgan fingerprint density at radius 1 is 1.26 bits per heavy atom. The molecule has 196 valence electrons. The molecule has 1 aromatic carbocycles. The van der Waals surface area contributed by atoms with Crippen LogP contribution >= 0.6 is 11.6 Å². The Hall–Kier alpha value is -2.03. The summed E-state index contributed by atoms with van der Waals surface area (Å²) in [5.41, 5.74) is 6.66. The lowest BCUT2D eigenvalue weighted by Gasteiger charge is -2.40. The summed E-state index contributed by atoms with van der Waals surface area (Å²) in [5.74, 6) is 0.687. The van der Waals surface area contributed by atoms with Crippen molar-refractivity contribution >= 4 is 23.7 Å². The topological polar surface area (TPSA) is 117 Å². The van der Waals surface area contributed by atoms with Gasteiger partial charge in [-0.3, -0.25) is 0 Å². The van der Waals surface area contributed by atoms with E-state index in [4.69, 9.17) is 27.2 Å². The number of piperidine rings is 1. The second-order valence-electron chi connectivity index (χ2n) is 10.3. The summed E-state index contributed by atoms with van der Waals surface area (Å²) in [5, 5.41) is 15.1. The van der Waals surface area contributed by atoms with E-state index in [0.29, 0.717) is 30.6 Å². The van der Waals surface area contributed by atoms with Crippen LogP contribution in [0, 0.1) is 11.8 Å². The van der Waals surface area contributed by atoms with Crippen molar-refractivity contribution in [3.8, 4) is 0 Å². The van der Waals surface area contributed by atoms with Crippen LogP contribution in [-0.4, -0.2) is 60.5 Å². The number of hydrogen-bond acceptors (Lipinski definition) is 4. The molecule has 3 rings (SSSR count). The smallest absolute Gasteiger partial charge is 0.404 e. The highest BCUT2D eigenvalue weighted by Gasteiger charge is 2.35. The van der Waals surface area contributed by atoms with Gasteiger partial charge >= 0.3 is 12.1 Å². The van der Waals surface area contributed by atoms with Crippen LogP contribution in [0.5, 0.6) is 0 Å². The number of nitrogens with one attached hydrogen (secondary N) is 2. The number of benzene rings is 1. The van der Waals surface area contributed by atoms with Crippen LogP contribution in [0.2, 0.25) is 5.02 Å². The Kier molecular flexibility index (Phi) is 10.5. The van der Waals surface area contributed by atoms with Crippen molar-refractivity contribution in [2.24, 2.45) is 17.6 Å². The lowest BCUT2D eigenvalue weighted by molar-refractivity contribution is -0.00878. The Balaban J connectivity index is 1.65. The third-order valence-electron chi connectivity index (χ3n) is 7.35. The van der Waals surface area contributed by atoms with Crippen molar-refractivity contribution in [1.29, 1.82) is 0 Å². The molecule has 1 heterocycles. The Morgan fingerprint density at radius 3 is 2.71 bits per heavy atom. The van der Waals surface area contributed by atoms with E-state index in [9.17, 15) is 9.59 Å². The summed E-state index contributed by atoms with van der Waals surface area (Å²) < 4.78 is 6.16. The van der Waals surface area contributed by atoms with E-state index in [1.165, 1.54) is 32.1 Å². The third kappa shape index (κ3) is 8.54. The molecule has 3 atom stereocenters. The van der Waals surface area contributed by atoms with Crippen molar-refractivity contribution in [3.05, 3.63) is 34.9 Å². The minimum Gasteiger partial charge on any atom is -0.465 e. The highest BCUT2D eigenvalue weighted by Crippen LogP contribution is 2.34. The molecule has 35 heavy (non-hydrogen) atoms. The van der Waals surface area contributed by atoms with Gasteiger partial charge in [0.25, 0.3) is 0 Å². The van der Waals surface area contributed by atoms with Crippen LogP contribution in [0.4, 0.5) is 9.59 Å². The third-order valence-corrected chi connectivity index (χ3v) is 7.58. The molecule has 0 spiro atoms. The maximum atomic E-state index is 13.3. The van der Waals surface area contributed by atoms with Gasteiger partial charge in [0.2, 0.25) is 0 Å². The summed E-state index contributed by atoms with van der Waals surface area (Å²) in [4.78, 5) is 26.0. The predicted molar refractivity (Wildman–Crippen MR) is 138 cm³/mol. The summed E-state index contributed by atoms with van der Waals surface area (Å²) in [7, 11) is 0. The molecule has 1 saturated heterocycles. The van der Waals surface area contributed by atoms with Crippen molar-refractivity contribution < 1.29 is 19.4 Å². The number of nitrogens with two attached hydrogens (primary N) is 1. The maximum absolute atomic E-state index is 13.3. The zero-order valence-corrected chi connectivity index (χ0v) is 21.6. The number of hydrogen-bond donors (Lipinski definition) is 4. The first kappa shape index (κ1) is 27.6. The fourth-order valence-corrected chi connectivity index (χ4v) is 5.72. The number of carbonyl (C=O) groups excluding carboxylic acids is 1. The van der Waals surface area contributed by atoms with Crippen LogP contribution in [0.3, 0.4) is 0 Å². The van der Waals surface area contributed by atoms with Crippen molar-refractivity contribution in [2.45, 2.75) is 69.9 Å². The second kappa shape index (κ2) is 13.3. The minimum absolute atomic E-state index is 0.0697. The SMILES string of the molecule is C[C@@](CN)(CC1CCCCC1)NC(=O)N1CCC[C@@H]([C@@H](OCCNC(=O)O)c2cccc(Cl)c2)C1. The molecule has 2 fully saturated rings. The number of carboxylic acid groups (broad SMARTS) is 1. The lowest BCUT2D eigenvalue weighted by Crippen LogP contribution is -2.57. The molecule has 2 aliphatic rings. The van der Waals surface area contributed by atoms with Crippen LogP contribution in [0.1, 0.15) is 70.0 Å². The minimum atomic E-state index is -1.08. The molecule has 0 bridgehead atoms. The number of halogens is 1. The second-order valence-corrected chi connectivity index (χ2v) is 10.8. The first-order chi connectivity index (χ1) is 16.8. The van der Waals surface area contributed by atoms with Crippen LogP contribution in [-0.2, 0) is 4.74 Å². The summed E-state index contributed by atoms with van der Waals surface area (Å²) in [6.45, 7) is 4.15. The summed E-state index contributed by atoms with van der Waals surface area (Å²) in [6.07, 6.45) is 7.58. The Morgan fingerprint density at radius 2 is 2.03 bits per heavy atom. The van der Waals surface area contributed by atoms with Crippen molar-refractivity contribution in [3.63, 3.8) is 0 Å². The molecule has 0 radical (unpaired) electrons. The summed E-state index contributed by atoms with van der Waals surface area (Å²) in [6, 6.07) is 7.47. The van der Waals surface area contributed by atoms with Crippen molar-refractivity contribution in [2.75, 3.05) is 32.8 Å². The van der Waals surface area contributed by atoms with Crippen LogP contribution < -0.4 is 16.4 Å². The van der Waals surface area contributed by atoms with E-state index in [0.717, 1.165) is 24.8 Å². The van der Waals surface area contributed by atoms with E-state index < -0.39 is 11.6 Å². The largest absolute Gasteiger partial charge is 0.465 e. The molecule has 1 aromatic rings. The maximum Gasteiger partial charge on any atom is 0.404 e. The zero-order chi connectivity index (χ0) is 25.3. The van der Waals surface area contributed by atoms with Gasteiger partial charge in [0.1, 0.15) is 0 Å². The van der Waals surface area contributed by atoms with E-state index in [2.05, 4.69) is 17.6 Å². The highest BCUT2D eigenvalue weighted by atomic mass is 35.5. The van der Waals surface area contributed by atoms with Gasteiger partial charge in [-0.05, 0) is 49.8 Å². The molecule has 1 aliphatic heterocycles. The van der Waals surface area contributed by atoms with Gasteiger partial charge in [-0.25, -0.2) is 9.59 Å². The van der Waals surface area contributed by atoms with Gasteiger partial charge in [0, 0.05) is 37.1 Å². The number of likely N-dealkylation sites (tertiary alicyclic amines) is 1. The number of rotatable bonds is 10. The molecule has 5 N–H and O–H groups in total. The lowest BCUT2D eigenvalue weighted by atomic mass is 9.80. The molecular weight excluding hydrogens is 468 g/mol. The molecular formula is C26H41ClN4O4. The van der Waals surface area contributed by atoms with E-state index in [1.807, 2.05) is 29.2 Å². The van der Waals surface area contributed by atoms with Crippen molar-refractivity contribution in [1.82, 2.24) is 15.5 Å². The summed E-state index contributed by atoms with van der Waals surface area (Å²) >= 11 is 6.25. The van der Waals surface area contributed by atoms with Gasteiger partial charge in [0.05, 0.1) is 18.2 Å². The van der Waals surface area contributed by atoms with E-state index in [1.54, 1.807) is 0 Å². The molecule has 1 saturated carbocycles. The molecule has 8 nitrogen and oxygen atoms in total. The quantitative estimate of drug-likeness (QED) is 0.339. The first-order valence-electron chi connectivity index (χ1n) is 12.9. The van der Waals surface area contributed by atoms with Gasteiger partial charge in [-0.15, -0.1) is 0 Å². The Bertz CT molecular complexity index is 835. The fourth-order valence-electron chi connectivity index (χ4n) is 5.52. The fraction of sp³-hybridized carbons (Fsp3) is 0.692. The number of urea groups is 1. The van der Waals surface area contributed by atoms with Crippen LogP contribution in [0.15, 0.2) is 24.3 Å². The standard InChI is InChI=1S/C26H41ClN4O4/c1-26(18-28,16-19-7-3-2-4-8-19)30-24(32)31-13-6-10-21(17-31)23(35-14-12-29-25(33)34)20-9-5-11-22(27)15-20/h5,9,11,15,19,21,23,29H,2-4,6-8,10,12-14,16-18,28H2,1H3,(H,30,32)(H,33,34)/t21-,23+,26+/m1/s1. The number of nitrogens with zero attached hydrogens (tertiary/aromatic N) is 1. The molecule has 0 unspecified atom stereocenters. The normalized spacial score (nSPS) is 21.7. The Labute approximate surface area is 213 Å². The zero-order valence-electron chi connectivity index (χ0n) is 20.8. The van der Waals surface area contributed by atoms with Gasteiger partial charge in [-0.2, -0.15) is 0 Å². The van der Waals surface area contributed by atoms with E-state index in [-0.39, 0.29) is 31.2 Å². The molecule has 1 aliphatic carbocycles. The van der Waals surface area contributed by atoms with Gasteiger partial charge in [-0.1, -0.05) is 55.8 Å². The monoisotopic (exact) mass is 508 g/mol. The molecule has 9 heteroatoms. The number of ether oxygens (including phenoxy) is 1. The van der Waals surface area contributed by atoms with Gasteiger partial charge < -0.3 is 31.1 Å². The number of carbonyl (C=O) groups is 2. The van der Waals surface area contributed by atoms with Gasteiger partial charge in [0.15, 0.2) is 0 Å². The molecule has 3 amide bonds. The average molecular weight is 509 g/mol. The highest BCUT2D eigenvalue weighted by molar-refractivity contribution is 6.30. The predicted octanol–water partition coefficient (Wildman–Crippen LogP) is 4.77. The van der Waals surface area contributed by atoms with Crippen LogP contribution in [0.25, 0.3) is 0 Å².